The van der Waals surface area contributed by atoms with Gasteiger partial charge in [0.15, 0.2) is 0 Å². The van der Waals surface area contributed by atoms with Gasteiger partial charge in [0.2, 0.25) is 12.3 Å². The lowest BCUT2D eigenvalue weighted by Crippen LogP contribution is -2.43. The van der Waals surface area contributed by atoms with Crippen LogP contribution in [0.2, 0.25) is 0 Å². The molecule has 1 unspecified atom stereocenters. The Labute approximate surface area is 203 Å². The smallest absolute Gasteiger partial charge is 0.252 e. The Hall–Kier alpha value is -3.13. The molecule has 0 bridgehead atoms. The lowest BCUT2D eigenvalue weighted by Gasteiger charge is -2.19. The minimum atomic E-state index is -0.547. The molecular formula is C26H40N4O4. The third-order valence-electron chi connectivity index (χ3n) is 5.45. The molecule has 34 heavy (non-hydrogen) atoms. The quantitative estimate of drug-likeness (QED) is 0.0730. The molecule has 1 aromatic rings. The molecule has 0 saturated heterocycles. The highest BCUT2D eigenvalue weighted by molar-refractivity contribution is 5.95. The number of carbonyl (C=O) groups excluding carboxylic acids is 3. The van der Waals surface area contributed by atoms with Crippen LogP contribution in [0, 0.1) is 5.92 Å². The van der Waals surface area contributed by atoms with Gasteiger partial charge in [-0.05, 0) is 50.0 Å². The van der Waals surface area contributed by atoms with Crippen molar-refractivity contribution in [1.82, 2.24) is 21.0 Å². The molecule has 0 aliphatic rings. The highest BCUT2D eigenvalue weighted by atomic mass is 16.5. The van der Waals surface area contributed by atoms with Crippen LogP contribution < -0.4 is 16.0 Å². The van der Waals surface area contributed by atoms with Crippen molar-refractivity contribution < 1.29 is 19.6 Å². The number of nitrogens with one attached hydrogen (secondary N) is 3. The van der Waals surface area contributed by atoms with Gasteiger partial charge >= 0.3 is 0 Å². The number of rotatable bonds is 16. The fourth-order valence-electron chi connectivity index (χ4n) is 3.30. The summed E-state index contributed by atoms with van der Waals surface area (Å²) in [5.41, 5.74) is 3.62. The van der Waals surface area contributed by atoms with E-state index >= 15 is 0 Å². The molecule has 0 spiro atoms. The van der Waals surface area contributed by atoms with E-state index in [2.05, 4.69) is 42.8 Å². The van der Waals surface area contributed by atoms with Crippen molar-refractivity contribution in [2.24, 2.45) is 5.92 Å². The maximum absolute atomic E-state index is 12.7. The maximum atomic E-state index is 12.7. The molecular weight excluding hydrogens is 432 g/mol. The van der Waals surface area contributed by atoms with Gasteiger partial charge in [0, 0.05) is 18.3 Å². The van der Waals surface area contributed by atoms with Crippen molar-refractivity contribution in [2.45, 2.75) is 59.8 Å². The summed E-state index contributed by atoms with van der Waals surface area (Å²) >= 11 is 0. The van der Waals surface area contributed by atoms with Gasteiger partial charge in [0.25, 0.3) is 5.91 Å². The van der Waals surface area contributed by atoms with Crippen molar-refractivity contribution in [3.05, 3.63) is 53.2 Å². The molecule has 8 heteroatoms. The zero-order valence-electron chi connectivity index (χ0n) is 20.9. The Bertz CT molecular complexity index is 851. The summed E-state index contributed by atoms with van der Waals surface area (Å²) in [6, 6.07) is 7.33. The second-order valence-corrected chi connectivity index (χ2v) is 8.23. The van der Waals surface area contributed by atoms with E-state index in [4.69, 9.17) is 0 Å². The van der Waals surface area contributed by atoms with Crippen LogP contribution in [0.3, 0.4) is 0 Å². The fraction of sp³-hybridized carbons (Fsp3) is 0.500. The second-order valence-electron chi connectivity index (χ2n) is 8.23. The first-order valence-corrected chi connectivity index (χ1v) is 12.0. The summed E-state index contributed by atoms with van der Waals surface area (Å²) in [7, 11) is 0. The van der Waals surface area contributed by atoms with Gasteiger partial charge in [-0.25, -0.2) is 5.06 Å². The van der Waals surface area contributed by atoms with Crippen molar-refractivity contribution in [3.63, 3.8) is 0 Å². The first kappa shape index (κ1) is 28.9. The van der Waals surface area contributed by atoms with Gasteiger partial charge in [-0.15, -0.1) is 0 Å². The van der Waals surface area contributed by atoms with E-state index < -0.39 is 5.92 Å². The average molecular weight is 473 g/mol. The molecule has 0 aliphatic carbocycles. The van der Waals surface area contributed by atoms with Gasteiger partial charge in [-0.2, -0.15) is 0 Å². The normalized spacial score (nSPS) is 12.6. The summed E-state index contributed by atoms with van der Waals surface area (Å²) in [5, 5.41) is 18.6. The number of hydrogen-bond acceptors (Lipinski definition) is 5. The number of allylic oxidation sites excluding steroid dienone is 3. The van der Waals surface area contributed by atoms with Crippen LogP contribution in [-0.2, 0) is 9.59 Å². The van der Waals surface area contributed by atoms with Gasteiger partial charge in [-0.1, -0.05) is 56.9 Å². The highest BCUT2D eigenvalue weighted by Gasteiger charge is 2.20. The predicted molar refractivity (Wildman–Crippen MR) is 135 cm³/mol. The van der Waals surface area contributed by atoms with E-state index in [1.807, 2.05) is 31.3 Å². The Morgan fingerprint density at radius 1 is 1.12 bits per heavy atom. The Kier molecular flexibility index (Phi) is 14.0. The zero-order valence-corrected chi connectivity index (χ0v) is 20.9. The molecule has 3 amide bonds. The van der Waals surface area contributed by atoms with E-state index in [0.29, 0.717) is 17.0 Å². The van der Waals surface area contributed by atoms with Crippen LogP contribution in [-0.4, -0.2) is 48.3 Å². The second kappa shape index (κ2) is 16.5. The number of hydrogen-bond donors (Lipinski definition) is 4. The highest BCUT2D eigenvalue weighted by Crippen LogP contribution is 2.19. The number of benzene rings is 1. The molecule has 0 aromatic heterocycles. The molecule has 0 fully saturated rings. The minimum absolute atomic E-state index is 0.0480. The van der Waals surface area contributed by atoms with Gasteiger partial charge in [-0.3, -0.25) is 19.6 Å². The van der Waals surface area contributed by atoms with Crippen LogP contribution >= 0.6 is 0 Å². The Balaban J connectivity index is 2.80. The Morgan fingerprint density at radius 2 is 1.85 bits per heavy atom. The van der Waals surface area contributed by atoms with E-state index in [0.717, 1.165) is 43.4 Å². The van der Waals surface area contributed by atoms with Crippen LogP contribution in [0.1, 0.15) is 75.7 Å². The fourth-order valence-corrected chi connectivity index (χ4v) is 3.30. The predicted octanol–water partition coefficient (Wildman–Crippen LogP) is 3.84. The van der Waals surface area contributed by atoms with Crippen LogP contribution in [0.25, 0.3) is 5.57 Å². The molecule has 1 atom stereocenters. The number of unbranched alkanes of at least 4 members (excludes halogenated alkanes) is 2. The van der Waals surface area contributed by atoms with Crippen molar-refractivity contribution in [3.8, 4) is 0 Å². The molecule has 0 saturated carbocycles. The number of amides is 3. The largest absolute Gasteiger partial charge is 0.391 e. The topological polar surface area (TPSA) is 111 Å². The zero-order chi connectivity index (χ0) is 25.3. The van der Waals surface area contributed by atoms with Crippen molar-refractivity contribution >= 4 is 23.8 Å². The maximum Gasteiger partial charge on any atom is 0.252 e. The average Bonchev–Trinajstić information content (AvgIpc) is 2.85. The lowest BCUT2D eigenvalue weighted by atomic mass is 10.00. The van der Waals surface area contributed by atoms with Gasteiger partial charge in [0.05, 0.1) is 19.1 Å². The van der Waals surface area contributed by atoms with E-state index in [9.17, 15) is 19.6 Å². The molecule has 0 radical (unpaired) electrons. The number of hydroxylamine groups is 2. The third kappa shape index (κ3) is 10.7. The molecule has 1 aromatic carbocycles. The summed E-state index contributed by atoms with van der Waals surface area (Å²) in [6.45, 7) is 8.91. The molecule has 0 heterocycles. The van der Waals surface area contributed by atoms with Crippen LogP contribution in [0.15, 0.2) is 42.1 Å². The summed E-state index contributed by atoms with van der Waals surface area (Å²) in [6.07, 6.45) is 8.58. The first-order valence-electron chi connectivity index (χ1n) is 12.0. The third-order valence-corrected chi connectivity index (χ3v) is 5.45. The summed E-state index contributed by atoms with van der Waals surface area (Å²) in [5.74, 6) is -1.17. The lowest BCUT2D eigenvalue weighted by molar-refractivity contribution is -0.154. The number of carbonyl (C=O) groups is 3. The van der Waals surface area contributed by atoms with Gasteiger partial charge in [0.1, 0.15) is 0 Å². The molecule has 1 rings (SSSR count). The van der Waals surface area contributed by atoms with Crippen molar-refractivity contribution in [1.29, 1.82) is 0 Å². The van der Waals surface area contributed by atoms with Crippen LogP contribution in [0.4, 0.5) is 0 Å². The van der Waals surface area contributed by atoms with Gasteiger partial charge < -0.3 is 16.0 Å². The SMILES string of the molecule is CCCCCC(CN(O)C=O)C(=O)NCNC(=O)c1cccc(/C(C=C(C)CC)=C/NCC)c1. The number of nitrogens with zero attached hydrogens (tertiary/aromatic N) is 1. The Morgan fingerprint density at radius 3 is 2.50 bits per heavy atom. The van der Waals surface area contributed by atoms with E-state index in [1.165, 1.54) is 5.57 Å². The summed E-state index contributed by atoms with van der Waals surface area (Å²) in [4.78, 5) is 36.0. The first-order chi connectivity index (χ1) is 16.4. The standard InChI is InChI=1S/C26H40N4O4/c1-5-8-9-11-23(17-30(34)19-31)26(33)29-18-28-25(32)22-13-10-12-21(15-22)24(16-27-7-3)14-20(4)6-2/h10,12-16,19,23,27,34H,5-9,11,17-18H2,1-4H3,(H,28,32)(H,29,33)/b20-14?,24-16+. The summed E-state index contributed by atoms with van der Waals surface area (Å²) < 4.78 is 0. The molecule has 0 aliphatic heterocycles. The van der Waals surface area contributed by atoms with Crippen LogP contribution in [0.5, 0.6) is 0 Å². The van der Waals surface area contributed by atoms with E-state index in [-0.39, 0.29) is 31.4 Å². The van der Waals surface area contributed by atoms with Crippen molar-refractivity contribution in [2.75, 3.05) is 19.8 Å². The van der Waals surface area contributed by atoms with E-state index in [1.54, 1.807) is 6.07 Å². The molecule has 4 N–H and O–H groups in total. The molecule has 188 valence electrons. The minimum Gasteiger partial charge on any atom is -0.391 e. The molecule has 8 nitrogen and oxygen atoms in total. The monoisotopic (exact) mass is 472 g/mol.